The summed E-state index contributed by atoms with van der Waals surface area (Å²) in [6.07, 6.45) is 3.50. The number of nitrogens with one attached hydrogen (secondary N) is 2. The molecule has 2 aromatic rings. The molecule has 0 fully saturated rings. The molecule has 42 heavy (non-hydrogen) atoms. The molecule has 0 aromatic heterocycles. The maximum absolute atomic E-state index is 13.7. The van der Waals surface area contributed by atoms with Gasteiger partial charge in [-0.3, -0.25) is 19.2 Å². The SMILES string of the molecule is CN(C)CCNC(=O)[C@@H]1CC(=O)N(C)[C@@H](Cc2ccccc2)C(=O)N(C)CCCCCCOc2ccccc2C(=O)N1. The zero-order valence-electron chi connectivity index (χ0n) is 25.3. The van der Waals surface area contributed by atoms with Crippen LogP contribution in [0.1, 0.15) is 48.0 Å². The summed E-state index contributed by atoms with van der Waals surface area (Å²) in [6, 6.07) is 14.6. The minimum Gasteiger partial charge on any atom is -0.493 e. The molecule has 228 valence electrons. The topological polar surface area (TPSA) is 111 Å². The van der Waals surface area contributed by atoms with Crippen molar-refractivity contribution < 1.29 is 23.9 Å². The van der Waals surface area contributed by atoms with Gasteiger partial charge in [-0.1, -0.05) is 55.3 Å². The molecule has 1 heterocycles. The highest BCUT2D eigenvalue weighted by molar-refractivity contribution is 6.01. The monoisotopic (exact) mass is 579 g/mol. The molecular weight excluding hydrogens is 534 g/mol. The molecule has 2 atom stereocenters. The highest BCUT2D eigenvalue weighted by Crippen LogP contribution is 2.20. The predicted octanol–water partition coefficient (Wildman–Crippen LogP) is 2.33. The van der Waals surface area contributed by atoms with Gasteiger partial charge in [-0.05, 0) is 44.6 Å². The Hall–Kier alpha value is -3.92. The van der Waals surface area contributed by atoms with Gasteiger partial charge in [-0.15, -0.1) is 0 Å². The first-order chi connectivity index (χ1) is 20.2. The highest BCUT2D eigenvalue weighted by Gasteiger charge is 2.33. The van der Waals surface area contributed by atoms with E-state index in [1.807, 2.05) is 49.3 Å². The lowest BCUT2D eigenvalue weighted by molar-refractivity contribution is -0.144. The van der Waals surface area contributed by atoms with E-state index in [0.717, 1.165) is 31.2 Å². The molecule has 1 aliphatic heterocycles. The Balaban J connectivity index is 1.91. The minimum absolute atomic E-state index is 0.163. The molecule has 0 unspecified atom stereocenters. The quantitative estimate of drug-likeness (QED) is 0.544. The van der Waals surface area contributed by atoms with Crippen molar-refractivity contribution in [2.75, 3.05) is 54.4 Å². The van der Waals surface area contributed by atoms with E-state index < -0.39 is 29.8 Å². The van der Waals surface area contributed by atoms with Crippen molar-refractivity contribution in [2.24, 2.45) is 0 Å². The Morgan fingerprint density at radius 1 is 0.976 bits per heavy atom. The summed E-state index contributed by atoms with van der Waals surface area (Å²) in [7, 11) is 7.13. The molecule has 0 saturated heterocycles. The van der Waals surface area contributed by atoms with Crippen molar-refractivity contribution in [3.8, 4) is 5.75 Å². The Morgan fingerprint density at radius 2 is 1.67 bits per heavy atom. The maximum Gasteiger partial charge on any atom is 0.255 e. The lowest BCUT2D eigenvalue weighted by Gasteiger charge is -2.32. The Bertz CT molecular complexity index is 1190. The van der Waals surface area contributed by atoms with Crippen molar-refractivity contribution in [1.29, 1.82) is 0 Å². The first-order valence-corrected chi connectivity index (χ1v) is 14.7. The number of carbonyl (C=O) groups excluding carboxylic acids is 4. The summed E-state index contributed by atoms with van der Waals surface area (Å²) >= 11 is 0. The van der Waals surface area contributed by atoms with Crippen molar-refractivity contribution in [3.63, 3.8) is 0 Å². The molecule has 2 N–H and O–H groups in total. The number of hydrogen-bond donors (Lipinski definition) is 2. The summed E-state index contributed by atoms with van der Waals surface area (Å²) in [4.78, 5) is 59.1. The molecule has 10 heteroatoms. The Morgan fingerprint density at radius 3 is 2.40 bits per heavy atom. The summed E-state index contributed by atoms with van der Waals surface area (Å²) in [6.45, 7) is 1.96. The number of nitrogens with zero attached hydrogens (tertiary/aromatic N) is 3. The fourth-order valence-corrected chi connectivity index (χ4v) is 4.82. The van der Waals surface area contributed by atoms with E-state index in [-0.39, 0.29) is 12.3 Å². The van der Waals surface area contributed by atoms with Crippen LogP contribution in [0, 0.1) is 0 Å². The highest BCUT2D eigenvalue weighted by atomic mass is 16.5. The Kier molecular flexibility index (Phi) is 12.8. The van der Waals surface area contributed by atoms with Crippen molar-refractivity contribution in [2.45, 2.75) is 50.6 Å². The third-order valence-corrected chi connectivity index (χ3v) is 7.43. The molecule has 1 aliphatic rings. The zero-order chi connectivity index (χ0) is 30.5. The standard InChI is InChI=1S/C32H45N5O5/c1-35(2)20-18-33-31(40)26-23-29(38)37(4)27(22-24-14-8-7-9-15-24)32(41)36(3)19-12-5-6-13-21-42-28-17-11-10-16-25(28)30(39)34-26/h7-11,14-17,26-27H,5-6,12-13,18-23H2,1-4H3,(H,33,40)(H,34,39)/t26-,27-/m0/s1. The number of amides is 4. The van der Waals surface area contributed by atoms with Crippen LogP contribution in [0.4, 0.5) is 0 Å². The van der Waals surface area contributed by atoms with Crippen molar-refractivity contribution in [1.82, 2.24) is 25.3 Å². The summed E-state index contributed by atoms with van der Waals surface area (Å²) in [5, 5.41) is 5.59. The van der Waals surface area contributed by atoms with Crippen LogP contribution in [-0.2, 0) is 20.8 Å². The number of benzene rings is 2. The van der Waals surface area contributed by atoms with Crippen LogP contribution in [0.25, 0.3) is 0 Å². The molecule has 10 nitrogen and oxygen atoms in total. The molecule has 0 aliphatic carbocycles. The molecule has 0 saturated carbocycles. The first kappa shape index (κ1) is 32.6. The second kappa shape index (κ2) is 16.5. The number of fused-ring (bicyclic) bond motifs is 1. The lowest BCUT2D eigenvalue weighted by atomic mass is 10.0. The smallest absolute Gasteiger partial charge is 0.255 e. The van der Waals surface area contributed by atoms with E-state index >= 15 is 0 Å². The van der Waals surface area contributed by atoms with E-state index in [1.165, 1.54) is 4.90 Å². The fourth-order valence-electron chi connectivity index (χ4n) is 4.82. The molecule has 3 rings (SSSR count). The molecule has 2 aromatic carbocycles. The van der Waals surface area contributed by atoms with Gasteiger partial charge in [0.1, 0.15) is 17.8 Å². The maximum atomic E-state index is 13.7. The fraction of sp³-hybridized carbons (Fsp3) is 0.500. The normalized spacial score (nSPS) is 19.8. The van der Waals surface area contributed by atoms with Gasteiger partial charge in [0.2, 0.25) is 17.7 Å². The van der Waals surface area contributed by atoms with Gasteiger partial charge < -0.3 is 30.1 Å². The number of para-hydroxylation sites is 1. The predicted molar refractivity (Wildman–Crippen MR) is 162 cm³/mol. The van der Waals surface area contributed by atoms with Gasteiger partial charge in [-0.2, -0.15) is 0 Å². The van der Waals surface area contributed by atoms with Gasteiger partial charge in [0.15, 0.2) is 0 Å². The van der Waals surface area contributed by atoms with Crippen LogP contribution in [0.5, 0.6) is 5.75 Å². The first-order valence-electron chi connectivity index (χ1n) is 14.7. The number of rotatable bonds is 6. The van der Waals surface area contributed by atoms with E-state index in [1.54, 1.807) is 43.3 Å². The van der Waals surface area contributed by atoms with Gasteiger partial charge in [0.25, 0.3) is 5.91 Å². The third-order valence-electron chi connectivity index (χ3n) is 7.43. The number of ether oxygens (including phenoxy) is 1. The molecular formula is C32H45N5O5. The minimum atomic E-state index is -1.15. The average molecular weight is 580 g/mol. The number of hydrogen-bond acceptors (Lipinski definition) is 6. The van der Waals surface area contributed by atoms with Crippen LogP contribution >= 0.6 is 0 Å². The zero-order valence-corrected chi connectivity index (χ0v) is 25.3. The summed E-state index contributed by atoms with van der Waals surface area (Å²) in [5.74, 6) is -1.13. The van der Waals surface area contributed by atoms with Gasteiger partial charge in [0.05, 0.1) is 18.6 Å². The van der Waals surface area contributed by atoms with Gasteiger partial charge in [0, 0.05) is 40.2 Å². The number of likely N-dealkylation sites (N-methyl/N-ethyl adjacent to an activating group) is 3. The van der Waals surface area contributed by atoms with Gasteiger partial charge in [-0.25, -0.2) is 0 Å². The van der Waals surface area contributed by atoms with E-state index in [2.05, 4.69) is 10.6 Å². The molecule has 0 bridgehead atoms. The van der Waals surface area contributed by atoms with E-state index in [0.29, 0.717) is 44.0 Å². The van der Waals surface area contributed by atoms with Crippen LogP contribution in [-0.4, -0.2) is 105 Å². The van der Waals surface area contributed by atoms with Crippen LogP contribution < -0.4 is 15.4 Å². The van der Waals surface area contributed by atoms with Crippen LogP contribution in [0.2, 0.25) is 0 Å². The second-order valence-corrected chi connectivity index (χ2v) is 11.1. The largest absolute Gasteiger partial charge is 0.493 e. The van der Waals surface area contributed by atoms with E-state index in [4.69, 9.17) is 4.74 Å². The lowest BCUT2D eigenvalue weighted by Crippen LogP contribution is -2.53. The van der Waals surface area contributed by atoms with Crippen molar-refractivity contribution >= 4 is 23.6 Å². The Labute approximate surface area is 249 Å². The molecule has 4 amide bonds. The van der Waals surface area contributed by atoms with Crippen molar-refractivity contribution in [3.05, 3.63) is 65.7 Å². The van der Waals surface area contributed by atoms with E-state index in [9.17, 15) is 19.2 Å². The van der Waals surface area contributed by atoms with Crippen LogP contribution in [0.15, 0.2) is 54.6 Å². The summed E-state index contributed by atoms with van der Waals surface area (Å²) < 4.78 is 5.93. The second-order valence-electron chi connectivity index (χ2n) is 11.1. The van der Waals surface area contributed by atoms with Crippen LogP contribution in [0.3, 0.4) is 0 Å². The number of carbonyl (C=O) groups is 4. The summed E-state index contributed by atoms with van der Waals surface area (Å²) in [5.41, 5.74) is 1.22. The average Bonchev–Trinajstić information content (AvgIpc) is 2.98. The molecule has 0 spiro atoms. The van der Waals surface area contributed by atoms with Gasteiger partial charge >= 0.3 is 0 Å². The molecule has 0 radical (unpaired) electrons. The third kappa shape index (κ3) is 9.87.